The van der Waals surface area contributed by atoms with E-state index in [9.17, 15) is 17.6 Å². The third kappa shape index (κ3) is 5.37. The van der Waals surface area contributed by atoms with Gasteiger partial charge in [0.25, 0.3) is 0 Å². The van der Waals surface area contributed by atoms with Gasteiger partial charge in [0.05, 0.1) is 5.69 Å². The Labute approximate surface area is 180 Å². The normalized spacial score (nSPS) is 11.3. The molecular weight excluding hydrogens is 424 g/mol. The average Bonchev–Trinajstić information content (AvgIpc) is 2.74. The highest BCUT2D eigenvalue weighted by Crippen LogP contribution is 2.28. The molecule has 4 rings (SSSR count). The second-order valence-electron chi connectivity index (χ2n) is 6.85. The van der Waals surface area contributed by atoms with Gasteiger partial charge >= 0.3 is 6.36 Å². The molecule has 0 aliphatic heterocycles. The van der Waals surface area contributed by atoms with Crippen LogP contribution >= 0.6 is 0 Å². The number of hydrogen-bond acceptors (Lipinski definition) is 5. The summed E-state index contributed by atoms with van der Waals surface area (Å²) in [5.74, 6) is 0.322. The number of benzene rings is 2. The van der Waals surface area contributed by atoms with Crippen LogP contribution in [0, 0.1) is 12.7 Å². The number of aromatic nitrogens is 3. The maximum absolute atomic E-state index is 13.2. The van der Waals surface area contributed by atoms with Crippen molar-refractivity contribution in [2.45, 2.75) is 13.3 Å². The first-order valence-corrected chi connectivity index (χ1v) is 9.45. The summed E-state index contributed by atoms with van der Waals surface area (Å²) < 4.78 is 54.0. The van der Waals surface area contributed by atoms with E-state index >= 15 is 0 Å². The minimum Gasteiger partial charge on any atom is -0.406 e. The fourth-order valence-electron chi connectivity index (χ4n) is 3.05. The van der Waals surface area contributed by atoms with E-state index in [1.807, 2.05) is 6.07 Å². The maximum atomic E-state index is 13.2. The molecule has 2 aromatic heterocycles. The highest BCUT2D eigenvalue weighted by molar-refractivity contribution is 5.72. The summed E-state index contributed by atoms with van der Waals surface area (Å²) in [5.41, 5.74) is 3.48. The Morgan fingerprint density at radius 3 is 2.19 bits per heavy atom. The van der Waals surface area contributed by atoms with Gasteiger partial charge in [-0.3, -0.25) is 4.98 Å². The molecule has 9 heteroatoms. The van der Waals surface area contributed by atoms with Gasteiger partial charge in [-0.05, 0) is 55.0 Å². The quantitative estimate of drug-likeness (QED) is 0.369. The van der Waals surface area contributed by atoms with Crippen molar-refractivity contribution in [2.75, 3.05) is 5.32 Å². The van der Waals surface area contributed by atoms with Crippen LogP contribution in [0.15, 0.2) is 73.1 Å². The first-order chi connectivity index (χ1) is 15.2. The van der Waals surface area contributed by atoms with E-state index in [4.69, 9.17) is 0 Å². The molecule has 162 valence electrons. The molecule has 0 saturated carbocycles. The molecule has 1 N–H and O–H groups in total. The summed E-state index contributed by atoms with van der Waals surface area (Å²) in [6.45, 7) is 1.73. The van der Waals surface area contributed by atoms with Crippen LogP contribution < -0.4 is 10.1 Å². The number of alkyl halides is 3. The van der Waals surface area contributed by atoms with Crippen LogP contribution in [0.2, 0.25) is 0 Å². The third-order valence-corrected chi connectivity index (χ3v) is 4.41. The Kier molecular flexibility index (Phi) is 5.72. The average molecular weight is 440 g/mol. The zero-order valence-corrected chi connectivity index (χ0v) is 16.7. The maximum Gasteiger partial charge on any atom is 0.573 e. The van der Waals surface area contributed by atoms with Crippen LogP contribution in [0.25, 0.3) is 22.4 Å². The number of pyridine rings is 1. The fourth-order valence-corrected chi connectivity index (χ4v) is 3.05. The van der Waals surface area contributed by atoms with Gasteiger partial charge in [-0.1, -0.05) is 12.1 Å². The number of anilines is 2. The van der Waals surface area contributed by atoms with Crippen molar-refractivity contribution in [1.82, 2.24) is 15.0 Å². The highest BCUT2D eigenvalue weighted by Gasteiger charge is 2.30. The van der Waals surface area contributed by atoms with Crippen molar-refractivity contribution in [2.24, 2.45) is 0 Å². The molecule has 0 saturated heterocycles. The Hall–Kier alpha value is -4.01. The van der Waals surface area contributed by atoms with E-state index in [1.165, 1.54) is 36.4 Å². The molecule has 2 heterocycles. The van der Waals surface area contributed by atoms with Crippen molar-refractivity contribution in [3.8, 4) is 28.1 Å². The van der Waals surface area contributed by atoms with E-state index in [0.717, 1.165) is 16.7 Å². The molecule has 0 bridgehead atoms. The summed E-state index contributed by atoms with van der Waals surface area (Å²) in [6, 6.07) is 15.0. The minimum atomic E-state index is -4.75. The molecular formula is C23H16F4N4O. The molecule has 0 spiro atoms. The monoisotopic (exact) mass is 440 g/mol. The number of nitrogens with one attached hydrogen (secondary N) is 1. The molecule has 0 radical (unpaired) electrons. The number of aryl methyl sites for hydroxylation is 1. The smallest absolute Gasteiger partial charge is 0.406 e. The van der Waals surface area contributed by atoms with Crippen molar-refractivity contribution in [3.05, 3.63) is 84.7 Å². The Morgan fingerprint density at radius 1 is 0.812 bits per heavy atom. The van der Waals surface area contributed by atoms with Gasteiger partial charge in [0.15, 0.2) is 0 Å². The van der Waals surface area contributed by atoms with Gasteiger partial charge in [0.2, 0.25) is 0 Å². The predicted molar refractivity (Wildman–Crippen MR) is 112 cm³/mol. The third-order valence-electron chi connectivity index (χ3n) is 4.41. The summed E-state index contributed by atoms with van der Waals surface area (Å²) in [7, 11) is 0. The molecule has 2 aromatic carbocycles. The molecule has 0 aliphatic carbocycles. The second-order valence-corrected chi connectivity index (χ2v) is 6.85. The molecule has 0 aliphatic rings. The summed E-state index contributed by atoms with van der Waals surface area (Å²) >= 11 is 0. The summed E-state index contributed by atoms with van der Waals surface area (Å²) in [6.07, 6.45) is -1.42. The van der Waals surface area contributed by atoms with Gasteiger partial charge < -0.3 is 10.1 Å². The van der Waals surface area contributed by atoms with Crippen LogP contribution in [0.3, 0.4) is 0 Å². The van der Waals surface area contributed by atoms with Gasteiger partial charge in [-0.2, -0.15) is 0 Å². The zero-order chi connectivity index (χ0) is 22.7. The standard InChI is InChI=1S/C23H16F4N4O/c1-14-29-21(17-10-16(12-28-13-17)15-2-4-18(24)5-3-15)11-22(30-14)31-19-6-8-20(9-7-19)32-23(25,26)27/h2-13H,1H3,(H,29,30,31). The molecule has 5 nitrogen and oxygen atoms in total. The first kappa shape index (κ1) is 21.2. The Balaban J connectivity index is 1.58. The van der Waals surface area contributed by atoms with Crippen LogP contribution in [0.4, 0.5) is 29.1 Å². The molecule has 0 atom stereocenters. The van der Waals surface area contributed by atoms with Gasteiger partial charge in [-0.25, -0.2) is 14.4 Å². The van der Waals surface area contributed by atoms with Gasteiger partial charge in [-0.15, -0.1) is 13.2 Å². The lowest BCUT2D eigenvalue weighted by Gasteiger charge is -2.11. The van der Waals surface area contributed by atoms with E-state index in [-0.39, 0.29) is 11.6 Å². The van der Waals surface area contributed by atoms with Crippen LogP contribution in [0.1, 0.15) is 5.82 Å². The number of halogens is 4. The molecule has 4 aromatic rings. The van der Waals surface area contributed by atoms with E-state index in [2.05, 4.69) is 25.0 Å². The predicted octanol–water partition coefficient (Wildman–Crippen LogP) is 6.30. The number of ether oxygens (including phenoxy) is 1. The highest BCUT2D eigenvalue weighted by atomic mass is 19.4. The molecule has 0 fully saturated rings. The molecule has 0 amide bonds. The van der Waals surface area contributed by atoms with Crippen molar-refractivity contribution < 1.29 is 22.3 Å². The SMILES string of the molecule is Cc1nc(Nc2ccc(OC(F)(F)F)cc2)cc(-c2cncc(-c3ccc(F)cc3)c2)n1. The Bertz CT molecular complexity index is 1230. The van der Waals surface area contributed by atoms with E-state index < -0.39 is 6.36 Å². The van der Waals surface area contributed by atoms with Crippen LogP contribution in [-0.2, 0) is 0 Å². The lowest BCUT2D eigenvalue weighted by molar-refractivity contribution is -0.274. The number of rotatable bonds is 5. The lowest BCUT2D eigenvalue weighted by Crippen LogP contribution is -2.16. The number of hydrogen-bond donors (Lipinski definition) is 1. The molecule has 0 unspecified atom stereocenters. The van der Waals surface area contributed by atoms with E-state index in [0.29, 0.717) is 23.0 Å². The second kappa shape index (κ2) is 8.62. The Morgan fingerprint density at radius 2 is 1.50 bits per heavy atom. The van der Waals surface area contributed by atoms with Crippen molar-refractivity contribution >= 4 is 11.5 Å². The lowest BCUT2D eigenvalue weighted by atomic mass is 10.0. The van der Waals surface area contributed by atoms with Crippen LogP contribution in [-0.4, -0.2) is 21.3 Å². The van der Waals surface area contributed by atoms with Crippen molar-refractivity contribution in [3.63, 3.8) is 0 Å². The topological polar surface area (TPSA) is 59.9 Å². The van der Waals surface area contributed by atoms with Crippen molar-refractivity contribution in [1.29, 1.82) is 0 Å². The van der Waals surface area contributed by atoms with Gasteiger partial charge in [0, 0.05) is 35.3 Å². The van der Waals surface area contributed by atoms with Crippen LogP contribution in [0.5, 0.6) is 5.75 Å². The molecule has 32 heavy (non-hydrogen) atoms. The summed E-state index contributed by atoms with van der Waals surface area (Å²) in [4.78, 5) is 13.0. The number of nitrogens with zero attached hydrogens (tertiary/aromatic N) is 3. The largest absolute Gasteiger partial charge is 0.573 e. The van der Waals surface area contributed by atoms with E-state index in [1.54, 1.807) is 37.5 Å². The van der Waals surface area contributed by atoms with Gasteiger partial charge in [0.1, 0.15) is 23.2 Å². The zero-order valence-electron chi connectivity index (χ0n) is 16.7. The first-order valence-electron chi connectivity index (χ1n) is 9.45. The fraction of sp³-hybridized carbons (Fsp3) is 0.0870. The minimum absolute atomic E-state index is 0.314. The summed E-state index contributed by atoms with van der Waals surface area (Å²) in [5, 5.41) is 3.05.